The fraction of sp³-hybridized carbons (Fsp3) is 0.0566. The molecule has 2 heteroatoms. The van der Waals surface area contributed by atoms with E-state index in [0.717, 1.165) is 50.1 Å². The minimum absolute atomic E-state index is 0.0437. The van der Waals surface area contributed by atoms with Crippen molar-refractivity contribution in [2.24, 2.45) is 0 Å². The Labute approximate surface area is 320 Å². The predicted octanol–water partition coefficient (Wildman–Crippen LogP) is 15.0. The maximum atomic E-state index is 6.43. The molecule has 1 heterocycles. The summed E-state index contributed by atoms with van der Waals surface area (Å²) in [7, 11) is 0. The molecule has 0 radical (unpaired) electrons. The van der Waals surface area contributed by atoms with Gasteiger partial charge in [-0.2, -0.15) is 0 Å². The van der Waals surface area contributed by atoms with Crippen molar-refractivity contribution in [3.63, 3.8) is 0 Å². The lowest BCUT2D eigenvalue weighted by molar-refractivity contribution is 0.660. The molecular weight excluding hydrogens is 667 g/mol. The molecule has 0 fully saturated rings. The molecule has 10 aromatic rings. The molecule has 55 heavy (non-hydrogen) atoms. The van der Waals surface area contributed by atoms with Crippen molar-refractivity contribution in [2.45, 2.75) is 19.3 Å². The molecule has 0 unspecified atom stereocenters. The topological polar surface area (TPSA) is 16.4 Å². The molecule has 1 aliphatic rings. The maximum absolute atomic E-state index is 6.43. The largest absolute Gasteiger partial charge is 0.455 e. The maximum Gasteiger partial charge on any atom is 0.143 e. The van der Waals surface area contributed by atoms with E-state index in [1.165, 1.54) is 54.9 Å². The second-order valence-electron chi connectivity index (χ2n) is 15.3. The zero-order valence-electron chi connectivity index (χ0n) is 30.8. The number of para-hydroxylation sites is 2. The fourth-order valence-corrected chi connectivity index (χ4v) is 9.10. The smallest absolute Gasteiger partial charge is 0.143 e. The quantitative estimate of drug-likeness (QED) is 0.166. The van der Waals surface area contributed by atoms with Gasteiger partial charge in [-0.15, -0.1) is 0 Å². The summed E-state index contributed by atoms with van der Waals surface area (Å²) in [5.41, 5.74) is 15.2. The predicted molar refractivity (Wildman–Crippen MR) is 232 cm³/mol. The van der Waals surface area contributed by atoms with Crippen molar-refractivity contribution in [1.82, 2.24) is 0 Å². The molecule has 2 nitrogen and oxygen atoms in total. The van der Waals surface area contributed by atoms with Gasteiger partial charge in [0.15, 0.2) is 0 Å². The number of hydrogen-bond acceptors (Lipinski definition) is 2. The average Bonchev–Trinajstić information content (AvgIpc) is 3.73. The Morgan fingerprint density at radius 2 is 0.982 bits per heavy atom. The van der Waals surface area contributed by atoms with Crippen LogP contribution in [0.2, 0.25) is 0 Å². The number of hydrogen-bond donors (Lipinski definition) is 0. The van der Waals surface area contributed by atoms with Gasteiger partial charge in [-0.1, -0.05) is 159 Å². The summed E-state index contributed by atoms with van der Waals surface area (Å²) in [6.07, 6.45) is 0. The molecule has 0 spiro atoms. The summed E-state index contributed by atoms with van der Waals surface area (Å²) in [5.74, 6) is 0. The van der Waals surface area contributed by atoms with Gasteiger partial charge in [0.1, 0.15) is 11.2 Å². The van der Waals surface area contributed by atoms with Crippen LogP contribution in [0.25, 0.3) is 76.9 Å². The van der Waals surface area contributed by atoms with Crippen LogP contribution in [-0.4, -0.2) is 0 Å². The number of furan rings is 1. The van der Waals surface area contributed by atoms with E-state index in [-0.39, 0.29) is 5.41 Å². The van der Waals surface area contributed by atoms with Crippen molar-refractivity contribution in [2.75, 3.05) is 4.90 Å². The van der Waals surface area contributed by atoms with E-state index in [9.17, 15) is 0 Å². The minimum Gasteiger partial charge on any atom is -0.455 e. The summed E-state index contributed by atoms with van der Waals surface area (Å²) in [4.78, 5) is 2.41. The van der Waals surface area contributed by atoms with E-state index in [4.69, 9.17) is 4.42 Å². The Hall–Kier alpha value is -6.90. The van der Waals surface area contributed by atoms with Crippen LogP contribution in [0.3, 0.4) is 0 Å². The van der Waals surface area contributed by atoms with Crippen molar-refractivity contribution in [3.05, 3.63) is 199 Å². The fourth-order valence-electron chi connectivity index (χ4n) is 9.10. The second-order valence-corrected chi connectivity index (χ2v) is 15.3. The summed E-state index contributed by atoms with van der Waals surface area (Å²) in [5, 5.41) is 7.20. The number of anilines is 3. The van der Waals surface area contributed by atoms with Crippen LogP contribution in [0, 0.1) is 0 Å². The van der Waals surface area contributed by atoms with Crippen molar-refractivity contribution < 1.29 is 4.42 Å². The molecule has 9 aromatic carbocycles. The standard InChI is InChI=1S/C53H37NO/c1-53(2)48-20-9-7-15-43(48)44-31-26-36(32-49(44)53)34-22-27-38(28-23-34)54(50-33-37-12-3-4-13-40(37)42-14-5-6-16-45(42)50)39-29-24-35(25-30-39)41-18-11-19-47-46-17-8-10-21-51(46)55-52(41)47/h3-33H,1-2H3. The van der Waals surface area contributed by atoms with Crippen LogP contribution in [0.15, 0.2) is 192 Å². The molecule has 0 saturated carbocycles. The van der Waals surface area contributed by atoms with Gasteiger partial charge in [-0.05, 0) is 97.6 Å². The first-order chi connectivity index (χ1) is 27.0. The van der Waals surface area contributed by atoms with Crippen LogP contribution in [0.5, 0.6) is 0 Å². The highest BCUT2D eigenvalue weighted by Crippen LogP contribution is 2.50. The van der Waals surface area contributed by atoms with Gasteiger partial charge in [-0.3, -0.25) is 0 Å². The molecule has 260 valence electrons. The Kier molecular flexibility index (Phi) is 6.93. The van der Waals surface area contributed by atoms with E-state index >= 15 is 0 Å². The molecule has 11 rings (SSSR count). The number of fused-ring (bicyclic) bond motifs is 9. The number of nitrogens with zero attached hydrogens (tertiary/aromatic N) is 1. The van der Waals surface area contributed by atoms with E-state index in [1.54, 1.807) is 0 Å². The Bertz CT molecular complexity index is 3110. The van der Waals surface area contributed by atoms with Gasteiger partial charge in [0.25, 0.3) is 0 Å². The van der Waals surface area contributed by atoms with Crippen LogP contribution >= 0.6 is 0 Å². The first-order valence-corrected chi connectivity index (χ1v) is 19.1. The van der Waals surface area contributed by atoms with Gasteiger partial charge in [0.05, 0.1) is 5.69 Å². The van der Waals surface area contributed by atoms with Gasteiger partial charge in [0.2, 0.25) is 0 Å². The zero-order valence-corrected chi connectivity index (χ0v) is 30.8. The summed E-state index contributed by atoms with van der Waals surface area (Å²) in [6.45, 7) is 4.69. The number of rotatable bonds is 5. The van der Waals surface area contributed by atoms with E-state index in [2.05, 4.69) is 195 Å². The van der Waals surface area contributed by atoms with Crippen molar-refractivity contribution in [1.29, 1.82) is 0 Å². The normalized spacial score (nSPS) is 13.1. The molecule has 1 aromatic heterocycles. The Morgan fingerprint density at radius 3 is 1.78 bits per heavy atom. The zero-order chi connectivity index (χ0) is 36.7. The van der Waals surface area contributed by atoms with E-state index < -0.39 is 0 Å². The first-order valence-electron chi connectivity index (χ1n) is 19.1. The lowest BCUT2D eigenvalue weighted by atomic mass is 9.81. The minimum atomic E-state index is -0.0437. The lowest BCUT2D eigenvalue weighted by Crippen LogP contribution is -2.14. The summed E-state index contributed by atoms with van der Waals surface area (Å²) < 4.78 is 6.43. The third kappa shape index (κ3) is 4.88. The molecule has 0 aliphatic heterocycles. The molecular formula is C53H37NO. The molecule has 1 aliphatic carbocycles. The SMILES string of the molecule is CC1(C)c2ccccc2-c2ccc(-c3ccc(N(c4ccc(-c5cccc6c5oc5ccccc56)cc4)c4cc5ccccc5c5ccccc45)cc3)cc21. The highest BCUT2D eigenvalue weighted by atomic mass is 16.3. The summed E-state index contributed by atoms with van der Waals surface area (Å²) in [6, 6.07) is 68.4. The molecule has 0 bridgehead atoms. The number of benzene rings is 9. The monoisotopic (exact) mass is 703 g/mol. The van der Waals surface area contributed by atoms with E-state index in [0.29, 0.717) is 0 Å². The molecule has 0 saturated heterocycles. The molecule has 0 amide bonds. The van der Waals surface area contributed by atoms with E-state index in [1.807, 2.05) is 12.1 Å². The third-order valence-electron chi connectivity index (χ3n) is 11.9. The van der Waals surface area contributed by atoms with Gasteiger partial charge < -0.3 is 9.32 Å². The average molecular weight is 704 g/mol. The first kappa shape index (κ1) is 31.6. The van der Waals surface area contributed by atoms with Gasteiger partial charge in [-0.25, -0.2) is 0 Å². The van der Waals surface area contributed by atoms with Crippen LogP contribution in [0.1, 0.15) is 25.0 Å². The Balaban J connectivity index is 1.04. The summed E-state index contributed by atoms with van der Waals surface area (Å²) >= 11 is 0. The Morgan fingerprint density at radius 1 is 0.400 bits per heavy atom. The van der Waals surface area contributed by atoms with Crippen LogP contribution in [-0.2, 0) is 5.41 Å². The highest BCUT2D eigenvalue weighted by molar-refractivity contribution is 6.15. The van der Waals surface area contributed by atoms with Gasteiger partial charge in [0, 0.05) is 38.5 Å². The van der Waals surface area contributed by atoms with Crippen LogP contribution in [0.4, 0.5) is 17.1 Å². The van der Waals surface area contributed by atoms with Crippen LogP contribution < -0.4 is 4.90 Å². The third-order valence-corrected chi connectivity index (χ3v) is 11.9. The van der Waals surface area contributed by atoms with Crippen molar-refractivity contribution >= 4 is 60.5 Å². The molecule has 0 N–H and O–H groups in total. The second kappa shape index (κ2) is 12.1. The van der Waals surface area contributed by atoms with Crippen molar-refractivity contribution in [3.8, 4) is 33.4 Å². The van der Waals surface area contributed by atoms with Gasteiger partial charge >= 0.3 is 0 Å². The lowest BCUT2D eigenvalue weighted by Gasteiger charge is -2.28. The highest BCUT2D eigenvalue weighted by Gasteiger charge is 2.35. The molecule has 0 atom stereocenters.